The normalized spacial score (nSPS) is 9.64. The molecule has 0 heterocycles. The van der Waals surface area contributed by atoms with E-state index in [1.54, 1.807) is 11.8 Å². The van der Waals surface area contributed by atoms with Gasteiger partial charge in [-0.3, -0.25) is 0 Å². The van der Waals surface area contributed by atoms with Gasteiger partial charge in [-0.05, 0) is 29.1 Å². The lowest BCUT2D eigenvalue weighted by atomic mass is 10.3. The van der Waals surface area contributed by atoms with Crippen molar-refractivity contribution in [3.63, 3.8) is 0 Å². The second kappa shape index (κ2) is 4.80. The Kier molecular flexibility index (Phi) is 3.97. The van der Waals surface area contributed by atoms with Gasteiger partial charge in [0.05, 0.1) is 16.8 Å². The van der Waals surface area contributed by atoms with Crippen molar-refractivity contribution in [1.29, 1.82) is 0 Å². The molecule has 60 valence electrons. The van der Waals surface area contributed by atoms with Crippen LogP contribution in [-0.2, 0) is 0 Å². The highest BCUT2D eigenvalue weighted by Gasteiger charge is 1.97. The highest BCUT2D eigenvalue weighted by atomic mass is 35.7. The summed E-state index contributed by atoms with van der Waals surface area (Å²) in [6, 6.07) is 8.05. The van der Waals surface area contributed by atoms with Gasteiger partial charge in [0.15, 0.2) is 0 Å². The van der Waals surface area contributed by atoms with Crippen LogP contribution in [0.15, 0.2) is 29.2 Å². The number of rotatable bonds is 3. The van der Waals surface area contributed by atoms with Gasteiger partial charge in [-0.1, -0.05) is 12.1 Å². The number of thioether (sulfide) groups is 1. The van der Waals surface area contributed by atoms with E-state index in [2.05, 4.69) is 10.8 Å². The van der Waals surface area contributed by atoms with E-state index in [-0.39, 0.29) is 0 Å². The van der Waals surface area contributed by atoms with Crippen molar-refractivity contribution >= 4 is 39.3 Å². The molecular weight excluding hydrogens is 198 g/mol. The first-order valence-corrected chi connectivity index (χ1v) is 5.92. The van der Waals surface area contributed by atoms with E-state index in [0.29, 0.717) is 0 Å². The third-order valence-electron chi connectivity index (χ3n) is 1.26. The fraction of sp³-hybridized carbons (Fsp3) is 0.143. The fourth-order valence-electron chi connectivity index (χ4n) is 0.771. The summed E-state index contributed by atoms with van der Waals surface area (Å²) in [5.41, 5.74) is 1.07. The van der Waals surface area contributed by atoms with Gasteiger partial charge in [0.1, 0.15) is 0 Å². The lowest BCUT2D eigenvalue weighted by Crippen LogP contribution is -1.84. The monoisotopic (exact) mass is 205 g/mol. The van der Waals surface area contributed by atoms with Crippen LogP contribution >= 0.6 is 33.6 Å². The third-order valence-corrected chi connectivity index (χ3v) is 2.58. The van der Waals surface area contributed by atoms with Crippen LogP contribution in [0, 0.1) is 0 Å². The molecule has 1 nitrogen and oxygen atoms in total. The molecule has 0 unspecified atom stereocenters. The Bertz CT molecular complexity index is 229. The minimum absolute atomic E-state index is 1.07. The topological polar surface area (TPSA) is 12.0 Å². The lowest BCUT2D eigenvalue weighted by molar-refractivity contribution is 1.47. The molecule has 0 spiro atoms. The van der Waals surface area contributed by atoms with Crippen molar-refractivity contribution in [2.24, 2.45) is 0 Å². The maximum Gasteiger partial charge on any atom is 0.0587 e. The maximum atomic E-state index is 5.46. The fourth-order valence-corrected chi connectivity index (χ4v) is 1.90. The predicted octanol–water partition coefficient (Wildman–Crippen LogP) is 3.62. The quantitative estimate of drug-likeness (QED) is 0.598. The van der Waals surface area contributed by atoms with Gasteiger partial charge in [0.25, 0.3) is 0 Å². The van der Waals surface area contributed by atoms with Crippen LogP contribution in [-0.4, -0.2) is 6.26 Å². The predicted molar refractivity (Wildman–Crippen MR) is 55.3 cm³/mol. The van der Waals surface area contributed by atoms with Crippen molar-refractivity contribution in [3.8, 4) is 0 Å². The van der Waals surface area contributed by atoms with E-state index in [9.17, 15) is 0 Å². The SMILES string of the molecule is CSc1ccccc1NSCl. The summed E-state index contributed by atoms with van der Waals surface area (Å²) in [4.78, 5) is 1.21. The zero-order valence-corrected chi connectivity index (χ0v) is 8.39. The van der Waals surface area contributed by atoms with Crippen LogP contribution < -0.4 is 4.72 Å². The van der Waals surface area contributed by atoms with Crippen LogP contribution in [0.1, 0.15) is 0 Å². The number of halogens is 1. The van der Waals surface area contributed by atoms with Gasteiger partial charge < -0.3 is 4.72 Å². The molecule has 11 heavy (non-hydrogen) atoms. The Morgan fingerprint density at radius 2 is 2.09 bits per heavy atom. The minimum atomic E-state index is 1.07. The molecule has 4 heteroatoms. The molecule has 0 atom stereocenters. The van der Waals surface area contributed by atoms with Gasteiger partial charge >= 0.3 is 0 Å². The first-order chi connectivity index (χ1) is 5.38. The molecule has 0 radical (unpaired) electrons. The Morgan fingerprint density at radius 3 is 2.73 bits per heavy atom. The largest absolute Gasteiger partial charge is 0.315 e. The van der Waals surface area contributed by atoms with Crippen LogP contribution in [0.3, 0.4) is 0 Å². The number of hydrogen-bond donors (Lipinski definition) is 1. The summed E-state index contributed by atoms with van der Waals surface area (Å²) in [6.07, 6.45) is 2.04. The number of nitrogens with one attached hydrogen (secondary N) is 1. The summed E-state index contributed by atoms with van der Waals surface area (Å²) >= 11 is 2.79. The molecule has 1 rings (SSSR count). The first kappa shape index (κ1) is 9.10. The molecular formula is C7H8ClNS2. The van der Waals surface area contributed by atoms with Crippen molar-refractivity contribution in [2.75, 3.05) is 11.0 Å². The third kappa shape index (κ3) is 2.51. The smallest absolute Gasteiger partial charge is 0.0587 e. The van der Waals surface area contributed by atoms with Crippen LogP contribution in [0.2, 0.25) is 0 Å². The number of para-hydroxylation sites is 1. The highest BCUT2D eigenvalue weighted by molar-refractivity contribution is 8.22. The first-order valence-electron chi connectivity index (χ1n) is 3.05. The second-order valence-electron chi connectivity index (χ2n) is 1.88. The Morgan fingerprint density at radius 1 is 1.36 bits per heavy atom. The van der Waals surface area contributed by atoms with Crippen molar-refractivity contribution in [1.82, 2.24) is 0 Å². The second-order valence-corrected chi connectivity index (χ2v) is 3.55. The molecule has 0 fully saturated rings. The van der Waals surface area contributed by atoms with E-state index in [0.717, 1.165) is 16.8 Å². The standard InChI is InChI=1S/C7H8ClNS2/c1-10-7-5-3-2-4-6(7)9-11-8/h2-5,9H,1H3. The summed E-state index contributed by atoms with van der Waals surface area (Å²) in [7, 11) is 5.46. The zero-order chi connectivity index (χ0) is 8.10. The van der Waals surface area contributed by atoms with Gasteiger partial charge in [-0.2, -0.15) is 0 Å². The van der Waals surface area contributed by atoms with Crippen LogP contribution in [0.25, 0.3) is 0 Å². The Balaban J connectivity index is 2.83. The molecule has 1 aromatic carbocycles. The summed E-state index contributed by atoms with van der Waals surface area (Å²) < 4.78 is 2.99. The summed E-state index contributed by atoms with van der Waals surface area (Å²) in [6.45, 7) is 0. The van der Waals surface area contributed by atoms with E-state index >= 15 is 0 Å². The van der Waals surface area contributed by atoms with Crippen molar-refractivity contribution < 1.29 is 0 Å². The average molecular weight is 206 g/mol. The molecule has 0 saturated heterocycles. The maximum absolute atomic E-state index is 5.46. The van der Waals surface area contributed by atoms with Crippen LogP contribution in [0.4, 0.5) is 5.69 Å². The molecule has 0 aliphatic heterocycles. The Labute approximate surface area is 79.5 Å². The number of hydrogen-bond acceptors (Lipinski definition) is 3. The number of benzene rings is 1. The molecule has 0 aliphatic rings. The van der Waals surface area contributed by atoms with E-state index in [1.807, 2.05) is 24.5 Å². The van der Waals surface area contributed by atoms with Gasteiger partial charge in [0, 0.05) is 4.90 Å². The van der Waals surface area contributed by atoms with E-state index in [4.69, 9.17) is 10.7 Å². The van der Waals surface area contributed by atoms with Crippen LogP contribution in [0.5, 0.6) is 0 Å². The highest BCUT2D eigenvalue weighted by Crippen LogP contribution is 2.27. The Hall–Kier alpha value is 0.01000. The summed E-state index contributed by atoms with van der Waals surface area (Å²) in [5.74, 6) is 0. The number of anilines is 1. The van der Waals surface area contributed by atoms with Crippen molar-refractivity contribution in [2.45, 2.75) is 4.90 Å². The van der Waals surface area contributed by atoms with Crippen molar-refractivity contribution in [3.05, 3.63) is 24.3 Å². The lowest BCUT2D eigenvalue weighted by Gasteiger charge is -2.04. The molecule has 0 aliphatic carbocycles. The molecule has 1 aromatic rings. The summed E-state index contributed by atoms with van der Waals surface area (Å²) in [5, 5.41) is 0. The average Bonchev–Trinajstić information content (AvgIpc) is 2.06. The molecule has 0 bridgehead atoms. The van der Waals surface area contributed by atoms with Gasteiger partial charge in [-0.15, -0.1) is 11.8 Å². The molecule has 0 amide bonds. The molecule has 0 aromatic heterocycles. The zero-order valence-electron chi connectivity index (χ0n) is 6.00. The van der Waals surface area contributed by atoms with Gasteiger partial charge in [-0.25, -0.2) is 0 Å². The van der Waals surface area contributed by atoms with E-state index in [1.165, 1.54) is 4.90 Å². The molecule has 1 N–H and O–H groups in total. The minimum Gasteiger partial charge on any atom is -0.315 e. The van der Waals surface area contributed by atoms with E-state index < -0.39 is 0 Å². The van der Waals surface area contributed by atoms with Gasteiger partial charge in [0.2, 0.25) is 0 Å². The molecule has 0 saturated carbocycles.